The van der Waals surface area contributed by atoms with Crippen LogP contribution in [0.4, 0.5) is 24.7 Å². The number of sulfonamides is 1. The third-order valence-corrected chi connectivity index (χ3v) is 5.26. The second-order valence-corrected chi connectivity index (χ2v) is 8.16. The van der Waals surface area contributed by atoms with Crippen molar-refractivity contribution >= 4 is 27.4 Å². The molecular formula is C17H18F3N5O3S. The molecule has 1 aliphatic heterocycles. The number of aryl methyl sites for hydroxylation is 1. The van der Waals surface area contributed by atoms with Gasteiger partial charge in [0.25, 0.3) is 21.9 Å². The molecule has 1 amide bonds. The van der Waals surface area contributed by atoms with Crippen molar-refractivity contribution in [2.45, 2.75) is 30.7 Å². The highest BCUT2D eigenvalue weighted by molar-refractivity contribution is 7.89. The second kappa shape index (κ2) is 7.59. The van der Waals surface area contributed by atoms with Gasteiger partial charge in [-0.2, -0.15) is 0 Å². The van der Waals surface area contributed by atoms with Crippen molar-refractivity contribution < 1.29 is 26.4 Å². The van der Waals surface area contributed by atoms with Crippen LogP contribution >= 0.6 is 0 Å². The lowest BCUT2D eigenvalue weighted by Crippen LogP contribution is -2.40. The molecule has 1 aliphatic rings. The lowest BCUT2D eigenvalue weighted by atomic mass is 10.1. The molecule has 0 aromatic carbocycles. The normalized spacial score (nSPS) is 16.5. The van der Waals surface area contributed by atoms with Gasteiger partial charge in [0.1, 0.15) is 11.6 Å². The number of aromatic nitrogens is 2. The van der Waals surface area contributed by atoms with Gasteiger partial charge < -0.3 is 10.2 Å². The summed E-state index contributed by atoms with van der Waals surface area (Å²) in [4.78, 5) is 21.9. The fourth-order valence-electron chi connectivity index (χ4n) is 2.86. The van der Waals surface area contributed by atoms with E-state index in [0.29, 0.717) is 0 Å². The molecule has 2 aromatic heterocycles. The Kier molecular flexibility index (Phi) is 5.50. The summed E-state index contributed by atoms with van der Waals surface area (Å²) in [5, 5.41) is 6.99. The maximum absolute atomic E-state index is 14.1. The smallest absolute Gasteiger partial charge is 0.259 e. The van der Waals surface area contributed by atoms with E-state index in [9.17, 15) is 26.4 Å². The third-order valence-electron chi connectivity index (χ3n) is 4.45. The highest BCUT2D eigenvalue weighted by Crippen LogP contribution is 2.32. The van der Waals surface area contributed by atoms with Crippen molar-refractivity contribution in [1.82, 2.24) is 9.97 Å². The first kappa shape index (κ1) is 21.0. The summed E-state index contributed by atoms with van der Waals surface area (Å²) in [6.45, 7) is 1.31. The number of rotatable bonds is 4. The molecular weight excluding hydrogens is 411 g/mol. The van der Waals surface area contributed by atoms with Crippen LogP contribution in [0.1, 0.15) is 28.9 Å². The molecule has 2 aromatic rings. The number of alkyl halides is 2. The number of nitrogens with zero attached hydrogens (tertiary/aromatic N) is 3. The average molecular weight is 429 g/mol. The average Bonchev–Trinajstić information content (AvgIpc) is 2.63. The quantitative estimate of drug-likeness (QED) is 0.768. The van der Waals surface area contributed by atoms with Crippen LogP contribution in [0, 0.1) is 12.7 Å². The molecule has 3 N–H and O–H groups in total. The van der Waals surface area contributed by atoms with Crippen molar-refractivity contribution in [2.75, 3.05) is 23.3 Å². The molecule has 1 fully saturated rings. The highest BCUT2D eigenvalue weighted by atomic mass is 32.2. The van der Waals surface area contributed by atoms with Crippen LogP contribution in [0.25, 0.3) is 0 Å². The molecule has 0 atom stereocenters. The number of halogens is 3. The number of nitrogens with two attached hydrogens (primary N) is 1. The van der Waals surface area contributed by atoms with E-state index in [4.69, 9.17) is 5.14 Å². The van der Waals surface area contributed by atoms with E-state index in [2.05, 4.69) is 15.3 Å². The predicted molar refractivity (Wildman–Crippen MR) is 98.9 cm³/mol. The maximum Gasteiger partial charge on any atom is 0.259 e. The van der Waals surface area contributed by atoms with Crippen molar-refractivity contribution in [2.24, 2.45) is 5.14 Å². The van der Waals surface area contributed by atoms with Gasteiger partial charge in [-0.15, -0.1) is 0 Å². The molecule has 8 nitrogen and oxygen atoms in total. The molecule has 0 saturated carbocycles. The number of amides is 1. The minimum absolute atomic E-state index is 0.0225. The number of hydrogen-bond acceptors (Lipinski definition) is 6. The zero-order valence-electron chi connectivity index (χ0n) is 15.3. The molecule has 0 radical (unpaired) electrons. The van der Waals surface area contributed by atoms with Gasteiger partial charge in [0.15, 0.2) is 5.03 Å². The lowest BCUT2D eigenvalue weighted by Gasteiger charge is -2.33. The van der Waals surface area contributed by atoms with E-state index in [-0.39, 0.29) is 35.9 Å². The molecule has 0 spiro atoms. The molecule has 156 valence electrons. The fourth-order valence-corrected chi connectivity index (χ4v) is 3.36. The summed E-state index contributed by atoms with van der Waals surface area (Å²) in [5.74, 6) is -4.23. The summed E-state index contributed by atoms with van der Waals surface area (Å²) in [7, 11) is -4.09. The Hall–Kier alpha value is -2.73. The summed E-state index contributed by atoms with van der Waals surface area (Å²) >= 11 is 0. The van der Waals surface area contributed by atoms with Crippen LogP contribution < -0.4 is 15.4 Å². The second-order valence-electron chi connectivity index (χ2n) is 6.65. The molecule has 3 heterocycles. The Labute approximate surface area is 165 Å². The molecule has 1 saturated heterocycles. The molecule has 0 aliphatic carbocycles. The highest BCUT2D eigenvalue weighted by Gasteiger charge is 2.35. The first-order chi connectivity index (χ1) is 13.5. The Balaban J connectivity index is 1.92. The Morgan fingerprint density at radius 2 is 1.93 bits per heavy atom. The maximum atomic E-state index is 14.1. The van der Waals surface area contributed by atoms with Gasteiger partial charge in [-0.25, -0.2) is 36.7 Å². The van der Waals surface area contributed by atoms with Gasteiger partial charge in [-0.1, -0.05) is 0 Å². The van der Waals surface area contributed by atoms with Gasteiger partial charge in [0.05, 0.1) is 11.3 Å². The van der Waals surface area contributed by atoms with E-state index in [1.165, 1.54) is 17.9 Å². The number of carbonyl (C=O) groups excluding carboxylic acids is 1. The predicted octanol–water partition coefficient (Wildman–Crippen LogP) is 2.06. The van der Waals surface area contributed by atoms with E-state index in [1.54, 1.807) is 0 Å². The van der Waals surface area contributed by atoms with E-state index < -0.39 is 45.5 Å². The largest absolute Gasteiger partial charge is 0.355 e. The molecule has 0 unspecified atom stereocenters. The number of nitrogens with one attached hydrogen (secondary N) is 1. The van der Waals surface area contributed by atoms with E-state index in [1.807, 2.05) is 0 Å². The summed E-state index contributed by atoms with van der Waals surface area (Å²) in [5.41, 5.74) is -0.0762. The topological polar surface area (TPSA) is 118 Å². The zero-order valence-corrected chi connectivity index (χ0v) is 16.1. The van der Waals surface area contributed by atoms with Gasteiger partial charge in [-0.05, 0) is 19.1 Å². The van der Waals surface area contributed by atoms with Crippen molar-refractivity contribution in [3.05, 3.63) is 41.5 Å². The van der Waals surface area contributed by atoms with Gasteiger partial charge in [0, 0.05) is 43.9 Å². The summed E-state index contributed by atoms with van der Waals surface area (Å²) in [6, 6.07) is 3.35. The van der Waals surface area contributed by atoms with Gasteiger partial charge >= 0.3 is 0 Å². The fraction of sp³-hybridized carbons (Fsp3) is 0.353. The minimum atomic E-state index is -4.09. The monoisotopic (exact) mass is 429 g/mol. The van der Waals surface area contributed by atoms with Crippen LogP contribution in [0.3, 0.4) is 0 Å². The SMILES string of the molecule is Cc1nc(N2CCC(F)(F)CC2)c(C(=O)Nc2ccnc(S(N)(=O)=O)c2)cc1F. The third kappa shape index (κ3) is 4.82. The van der Waals surface area contributed by atoms with Crippen molar-refractivity contribution in [1.29, 1.82) is 0 Å². The van der Waals surface area contributed by atoms with Crippen LogP contribution in [-0.2, 0) is 10.0 Å². The number of hydrogen-bond donors (Lipinski definition) is 2. The first-order valence-corrected chi connectivity index (χ1v) is 10.1. The number of piperidine rings is 1. The van der Waals surface area contributed by atoms with E-state index >= 15 is 0 Å². The molecule has 3 rings (SSSR count). The first-order valence-electron chi connectivity index (χ1n) is 8.56. The Bertz CT molecular complexity index is 1050. The Morgan fingerprint density at radius 3 is 2.55 bits per heavy atom. The number of anilines is 2. The standard InChI is InChI=1S/C17H18F3N5O3S/c1-10-13(18)9-12(15(23-10)25-6-3-17(19,20)4-7-25)16(26)24-11-2-5-22-14(8-11)29(21,27)28/h2,5,8-9H,3-4,6-7H2,1H3,(H2,21,27,28)(H,22,24,26). The van der Waals surface area contributed by atoms with Crippen molar-refractivity contribution in [3.8, 4) is 0 Å². The molecule has 0 bridgehead atoms. The number of pyridine rings is 2. The molecule has 29 heavy (non-hydrogen) atoms. The zero-order chi connectivity index (χ0) is 21.4. The summed E-state index contributed by atoms with van der Waals surface area (Å²) < 4.78 is 63.8. The van der Waals surface area contributed by atoms with Crippen LogP contribution in [0.5, 0.6) is 0 Å². The van der Waals surface area contributed by atoms with Crippen LogP contribution in [-0.4, -0.2) is 43.3 Å². The lowest BCUT2D eigenvalue weighted by molar-refractivity contribution is -0.0221. The Morgan fingerprint density at radius 1 is 1.28 bits per heavy atom. The van der Waals surface area contributed by atoms with Crippen LogP contribution in [0.15, 0.2) is 29.4 Å². The number of primary sulfonamides is 1. The van der Waals surface area contributed by atoms with Crippen molar-refractivity contribution in [3.63, 3.8) is 0 Å². The minimum Gasteiger partial charge on any atom is -0.355 e. The van der Waals surface area contributed by atoms with Gasteiger partial charge in [0.2, 0.25) is 0 Å². The number of carbonyl (C=O) groups is 1. The molecule has 12 heteroatoms. The van der Waals surface area contributed by atoms with Gasteiger partial charge in [-0.3, -0.25) is 4.79 Å². The van der Waals surface area contributed by atoms with Crippen LogP contribution in [0.2, 0.25) is 0 Å². The van der Waals surface area contributed by atoms with E-state index in [0.717, 1.165) is 18.3 Å². The summed E-state index contributed by atoms with van der Waals surface area (Å²) in [6.07, 6.45) is 0.319.